The quantitative estimate of drug-likeness (QED) is 0.737. The van der Waals surface area contributed by atoms with Gasteiger partial charge < -0.3 is 4.90 Å². The smallest absolute Gasteiger partial charge is 0.174 e. The molecule has 2 aliphatic rings. The number of halogens is 1. The summed E-state index contributed by atoms with van der Waals surface area (Å²) in [5, 5.41) is 8.96. The number of hydrogen-bond acceptors (Lipinski definition) is 4. The molecule has 0 unspecified atom stereocenters. The predicted octanol–water partition coefficient (Wildman–Crippen LogP) is 2.33. The first kappa shape index (κ1) is 11.2. The van der Waals surface area contributed by atoms with E-state index in [-0.39, 0.29) is 0 Å². The maximum Gasteiger partial charge on any atom is 0.174 e. The second-order valence-electron chi connectivity index (χ2n) is 4.97. The van der Waals surface area contributed by atoms with Gasteiger partial charge in [-0.1, -0.05) is 0 Å². The van der Waals surface area contributed by atoms with Gasteiger partial charge >= 0.3 is 0 Å². The molecule has 2 fully saturated rings. The van der Waals surface area contributed by atoms with Crippen LogP contribution in [0.2, 0.25) is 0 Å². The summed E-state index contributed by atoms with van der Waals surface area (Å²) in [7, 11) is 0. The number of rotatable bonds is 1. The number of aromatic nitrogens is 2. The molecule has 0 amide bonds. The average Bonchev–Trinajstić information content (AvgIpc) is 3.11. The number of piperidine rings is 1. The largest absolute Gasteiger partial charge is 0.355 e. The summed E-state index contributed by atoms with van der Waals surface area (Å²) in [6.07, 6.45) is 7.13. The lowest BCUT2D eigenvalue weighted by Crippen LogP contribution is -2.35. The molecule has 1 aromatic heterocycles. The zero-order valence-corrected chi connectivity index (χ0v) is 11.6. The minimum absolute atomic E-state index is 0.440. The molecule has 1 saturated carbocycles. The maximum atomic E-state index is 8.96. The van der Waals surface area contributed by atoms with Crippen LogP contribution in [0, 0.1) is 20.4 Å². The second-order valence-corrected chi connectivity index (χ2v) is 5.99. The average molecular weight is 340 g/mol. The highest BCUT2D eigenvalue weighted by Crippen LogP contribution is 2.53. The SMILES string of the molecule is N#Cc1nc(N2CCC3(CC2)CC3)cnc1I. The third-order valence-corrected chi connectivity index (χ3v) is 4.72. The van der Waals surface area contributed by atoms with Crippen molar-refractivity contribution in [3.8, 4) is 6.07 Å². The summed E-state index contributed by atoms with van der Waals surface area (Å²) in [6, 6.07) is 2.10. The van der Waals surface area contributed by atoms with Gasteiger partial charge in [-0.15, -0.1) is 0 Å². The molecule has 0 bridgehead atoms. The van der Waals surface area contributed by atoms with Crippen LogP contribution in [-0.2, 0) is 0 Å². The summed E-state index contributed by atoms with van der Waals surface area (Å²) >= 11 is 2.05. The van der Waals surface area contributed by atoms with E-state index in [1.54, 1.807) is 6.20 Å². The summed E-state index contributed by atoms with van der Waals surface area (Å²) in [5.41, 5.74) is 1.11. The van der Waals surface area contributed by atoms with Gasteiger partial charge in [0.25, 0.3) is 0 Å². The number of nitriles is 1. The van der Waals surface area contributed by atoms with Crippen molar-refractivity contribution in [1.29, 1.82) is 5.26 Å². The van der Waals surface area contributed by atoms with Gasteiger partial charge in [0.2, 0.25) is 0 Å². The minimum atomic E-state index is 0.440. The molecule has 0 radical (unpaired) electrons. The van der Waals surface area contributed by atoms with Crippen molar-refractivity contribution in [2.24, 2.45) is 5.41 Å². The second kappa shape index (κ2) is 4.09. The molecule has 3 rings (SSSR count). The molecule has 0 N–H and O–H groups in total. The Kier molecular flexibility index (Phi) is 2.69. The van der Waals surface area contributed by atoms with E-state index in [1.165, 1.54) is 25.7 Å². The first-order valence-electron chi connectivity index (χ1n) is 5.90. The third kappa shape index (κ3) is 2.10. The fourth-order valence-electron chi connectivity index (χ4n) is 2.48. The first-order valence-corrected chi connectivity index (χ1v) is 6.98. The molecule has 88 valence electrons. The molecule has 1 saturated heterocycles. The highest BCUT2D eigenvalue weighted by molar-refractivity contribution is 14.1. The fraction of sp³-hybridized carbons (Fsp3) is 0.583. The summed E-state index contributed by atoms with van der Waals surface area (Å²) in [4.78, 5) is 10.9. The van der Waals surface area contributed by atoms with Crippen molar-refractivity contribution in [1.82, 2.24) is 9.97 Å². The molecule has 4 nitrogen and oxygen atoms in total. The van der Waals surface area contributed by atoms with Crippen LogP contribution in [-0.4, -0.2) is 23.1 Å². The lowest BCUT2D eigenvalue weighted by molar-refractivity contribution is 0.383. The van der Waals surface area contributed by atoms with E-state index in [9.17, 15) is 0 Å². The number of nitrogens with zero attached hydrogens (tertiary/aromatic N) is 4. The first-order chi connectivity index (χ1) is 8.22. The Balaban J connectivity index is 1.78. The standard InChI is InChI=1S/C12H13IN4/c13-11-9(7-14)16-10(8-15-11)17-5-3-12(1-2-12)4-6-17/h8H,1-6H2. The maximum absolute atomic E-state index is 8.96. The molecule has 1 aliphatic carbocycles. The van der Waals surface area contributed by atoms with Crippen molar-refractivity contribution in [3.05, 3.63) is 15.6 Å². The van der Waals surface area contributed by atoms with Crippen molar-refractivity contribution in [2.75, 3.05) is 18.0 Å². The number of anilines is 1. The van der Waals surface area contributed by atoms with E-state index in [4.69, 9.17) is 5.26 Å². The summed E-state index contributed by atoms with van der Waals surface area (Å²) in [6.45, 7) is 2.11. The Morgan fingerprint density at radius 3 is 2.59 bits per heavy atom. The van der Waals surface area contributed by atoms with Crippen LogP contribution in [0.3, 0.4) is 0 Å². The van der Waals surface area contributed by atoms with Crippen LogP contribution in [0.25, 0.3) is 0 Å². The van der Waals surface area contributed by atoms with Gasteiger partial charge in [-0.25, -0.2) is 9.97 Å². The highest BCUT2D eigenvalue weighted by atomic mass is 127. The summed E-state index contributed by atoms with van der Waals surface area (Å²) in [5.74, 6) is 0.859. The van der Waals surface area contributed by atoms with Gasteiger partial charge in [-0.2, -0.15) is 5.26 Å². The van der Waals surface area contributed by atoms with Gasteiger partial charge in [0.15, 0.2) is 5.69 Å². The monoisotopic (exact) mass is 340 g/mol. The van der Waals surface area contributed by atoms with Crippen LogP contribution < -0.4 is 4.90 Å². The van der Waals surface area contributed by atoms with Crippen LogP contribution >= 0.6 is 22.6 Å². The highest BCUT2D eigenvalue weighted by Gasteiger charge is 2.44. The Hall–Kier alpha value is -0.900. The third-order valence-electron chi connectivity index (χ3n) is 3.93. The fourth-order valence-corrected chi connectivity index (χ4v) is 2.86. The van der Waals surface area contributed by atoms with Crippen LogP contribution in [0.15, 0.2) is 6.20 Å². The van der Waals surface area contributed by atoms with E-state index in [2.05, 4.69) is 20.9 Å². The Morgan fingerprint density at radius 1 is 1.29 bits per heavy atom. The predicted molar refractivity (Wildman–Crippen MR) is 72.6 cm³/mol. The Morgan fingerprint density at radius 2 is 2.00 bits per heavy atom. The van der Waals surface area contributed by atoms with Gasteiger partial charge in [0, 0.05) is 13.1 Å². The topological polar surface area (TPSA) is 52.8 Å². The van der Waals surface area contributed by atoms with Crippen molar-refractivity contribution in [3.63, 3.8) is 0 Å². The molecule has 17 heavy (non-hydrogen) atoms. The van der Waals surface area contributed by atoms with E-state index in [0.29, 0.717) is 14.8 Å². The van der Waals surface area contributed by atoms with Crippen molar-refractivity contribution < 1.29 is 0 Å². The van der Waals surface area contributed by atoms with Gasteiger partial charge in [0.1, 0.15) is 15.6 Å². The van der Waals surface area contributed by atoms with E-state index in [1.807, 2.05) is 22.6 Å². The van der Waals surface area contributed by atoms with Crippen molar-refractivity contribution >= 4 is 28.4 Å². The lowest BCUT2D eigenvalue weighted by Gasteiger charge is -2.32. The molecule has 0 atom stereocenters. The van der Waals surface area contributed by atoms with Gasteiger partial charge in [-0.3, -0.25) is 0 Å². The molecular formula is C12H13IN4. The van der Waals surface area contributed by atoms with E-state index in [0.717, 1.165) is 18.9 Å². The number of hydrogen-bond donors (Lipinski definition) is 0. The molecule has 0 aromatic carbocycles. The Bertz CT molecular complexity index is 480. The van der Waals surface area contributed by atoms with Gasteiger partial charge in [-0.05, 0) is 53.7 Å². The van der Waals surface area contributed by atoms with Crippen LogP contribution in [0.5, 0.6) is 0 Å². The van der Waals surface area contributed by atoms with E-state index >= 15 is 0 Å². The molecule has 1 spiro atoms. The van der Waals surface area contributed by atoms with E-state index < -0.39 is 0 Å². The van der Waals surface area contributed by atoms with Crippen LogP contribution in [0.4, 0.5) is 5.82 Å². The molecular weight excluding hydrogens is 327 g/mol. The minimum Gasteiger partial charge on any atom is -0.355 e. The molecule has 5 heteroatoms. The summed E-state index contributed by atoms with van der Waals surface area (Å²) < 4.78 is 0.685. The zero-order chi connectivity index (χ0) is 11.9. The zero-order valence-electron chi connectivity index (χ0n) is 9.49. The van der Waals surface area contributed by atoms with Crippen molar-refractivity contribution in [2.45, 2.75) is 25.7 Å². The van der Waals surface area contributed by atoms with Gasteiger partial charge in [0.05, 0.1) is 6.20 Å². The normalized spacial score (nSPS) is 21.3. The molecule has 2 heterocycles. The molecule has 1 aliphatic heterocycles. The Labute approximate surface area is 114 Å². The lowest BCUT2D eigenvalue weighted by atomic mass is 9.94. The van der Waals surface area contributed by atoms with Crippen LogP contribution in [0.1, 0.15) is 31.4 Å². The molecule has 1 aromatic rings.